The summed E-state index contributed by atoms with van der Waals surface area (Å²) < 4.78 is 18.4. The van der Waals surface area contributed by atoms with Crippen molar-refractivity contribution in [2.45, 2.75) is 18.9 Å². The molecule has 1 heterocycles. The smallest absolute Gasteiger partial charge is 0.258 e. The summed E-state index contributed by atoms with van der Waals surface area (Å²) in [5.74, 6) is -0.641. The van der Waals surface area contributed by atoms with Crippen LogP contribution in [0.15, 0.2) is 23.5 Å². The highest BCUT2D eigenvalue weighted by Gasteiger charge is 2.20. The zero-order valence-corrected chi connectivity index (χ0v) is 12.0. The molecule has 0 aliphatic carbocycles. The lowest BCUT2D eigenvalue weighted by atomic mass is 10.1. The molecule has 0 spiro atoms. The molecule has 8 heteroatoms. The predicted octanol–water partition coefficient (Wildman–Crippen LogP) is 2.12. The number of carbonyl (C=O) groups excluding carboxylic acids is 1. The van der Waals surface area contributed by atoms with Crippen molar-refractivity contribution in [3.05, 3.63) is 33.9 Å². The Balaban J connectivity index is 1.74. The van der Waals surface area contributed by atoms with E-state index in [0.717, 1.165) is 6.07 Å². The van der Waals surface area contributed by atoms with Crippen molar-refractivity contribution in [1.82, 2.24) is 10.3 Å². The minimum atomic E-state index is -0.594. The molecule has 1 saturated heterocycles. The van der Waals surface area contributed by atoms with Gasteiger partial charge in [0.25, 0.3) is 5.91 Å². The summed E-state index contributed by atoms with van der Waals surface area (Å²) in [5, 5.41) is 7.09. The Morgan fingerprint density at radius 2 is 2.19 bits per heavy atom. The molecule has 0 radical (unpaired) electrons. The van der Waals surface area contributed by atoms with Crippen LogP contribution in [0.4, 0.5) is 4.39 Å². The number of hydrogen-bond donors (Lipinski definition) is 1. The average molecular weight is 316 g/mol. The van der Waals surface area contributed by atoms with Crippen LogP contribution in [-0.2, 0) is 4.79 Å². The van der Waals surface area contributed by atoms with Crippen molar-refractivity contribution in [2.75, 3.05) is 19.7 Å². The molecule has 1 fully saturated rings. The standard InChI is InChI=1S/C13H15ClFN3O3/c14-11-2-1-10(7-12(11)15)21-8-13(19)16-9-3-5-18(17-20)6-4-9/h1-2,7,9H,3-6,8H2,(H,16,19). The molecule has 0 unspecified atom stereocenters. The molecule has 1 aliphatic rings. The molecule has 1 aliphatic heterocycles. The Labute approximate surface area is 126 Å². The van der Waals surface area contributed by atoms with Crippen LogP contribution in [0.1, 0.15) is 12.8 Å². The molecule has 114 valence electrons. The number of benzene rings is 1. The molecule has 6 nitrogen and oxygen atoms in total. The van der Waals surface area contributed by atoms with Crippen molar-refractivity contribution in [3.8, 4) is 5.75 Å². The van der Waals surface area contributed by atoms with E-state index in [1.807, 2.05) is 0 Å². The first-order chi connectivity index (χ1) is 10.1. The first-order valence-corrected chi connectivity index (χ1v) is 6.91. The van der Waals surface area contributed by atoms with Gasteiger partial charge in [-0.05, 0) is 25.0 Å². The molecule has 1 amide bonds. The van der Waals surface area contributed by atoms with Crippen LogP contribution in [0.3, 0.4) is 0 Å². The first-order valence-electron chi connectivity index (χ1n) is 6.54. The summed E-state index contributed by atoms with van der Waals surface area (Å²) in [6.45, 7) is 0.850. The third-order valence-corrected chi connectivity index (χ3v) is 3.52. The van der Waals surface area contributed by atoms with E-state index in [4.69, 9.17) is 16.3 Å². The molecule has 1 aromatic carbocycles. The lowest BCUT2D eigenvalue weighted by molar-refractivity contribution is -0.124. The van der Waals surface area contributed by atoms with Crippen LogP contribution in [0.5, 0.6) is 5.75 Å². The number of nitroso groups, excluding NO2 is 1. The molecule has 0 bridgehead atoms. The molecule has 0 aromatic heterocycles. The molecular formula is C13H15ClFN3O3. The summed E-state index contributed by atoms with van der Waals surface area (Å²) in [6.07, 6.45) is 1.32. The van der Waals surface area contributed by atoms with Gasteiger partial charge in [0.2, 0.25) is 0 Å². The highest BCUT2D eigenvalue weighted by Crippen LogP contribution is 2.20. The van der Waals surface area contributed by atoms with Crippen LogP contribution >= 0.6 is 11.6 Å². The number of hydrogen-bond acceptors (Lipinski definition) is 4. The first kappa shape index (κ1) is 15.5. The Bertz CT molecular complexity index is 521. The van der Waals surface area contributed by atoms with Gasteiger partial charge in [-0.1, -0.05) is 11.6 Å². The van der Waals surface area contributed by atoms with Crippen LogP contribution < -0.4 is 10.1 Å². The monoisotopic (exact) mass is 315 g/mol. The van der Waals surface area contributed by atoms with Crippen molar-refractivity contribution < 1.29 is 13.9 Å². The van der Waals surface area contributed by atoms with E-state index < -0.39 is 5.82 Å². The summed E-state index contributed by atoms with van der Waals surface area (Å²) in [6, 6.07) is 3.99. The van der Waals surface area contributed by atoms with Gasteiger partial charge in [0, 0.05) is 25.2 Å². The fourth-order valence-corrected chi connectivity index (χ4v) is 2.19. The second-order valence-electron chi connectivity index (χ2n) is 4.74. The van der Waals surface area contributed by atoms with Gasteiger partial charge in [0.15, 0.2) is 6.61 Å². The van der Waals surface area contributed by atoms with Crippen molar-refractivity contribution in [2.24, 2.45) is 5.29 Å². The third kappa shape index (κ3) is 4.56. The van der Waals surface area contributed by atoms with Gasteiger partial charge in [-0.15, -0.1) is 4.91 Å². The summed E-state index contributed by atoms with van der Waals surface area (Å²) >= 11 is 5.55. The van der Waals surface area contributed by atoms with Gasteiger partial charge in [0.1, 0.15) is 11.6 Å². The average Bonchev–Trinajstić information content (AvgIpc) is 2.49. The second-order valence-corrected chi connectivity index (χ2v) is 5.15. The second kappa shape index (κ2) is 7.21. The molecule has 1 aromatic rings. The fraction of sp³-hybridized carbons (Fsp3) is 0.462. The van der Waals surface area contributed by atoms with Gasteiger partial charge in [-0.25, -0.2) is 4.39 Å². The highest BCUT2D eigenvalue weighted by atomic mass is 35.5. The minimum absolute atomic E-state index is 0.000976. The Kier molecular flexibility index (Phi) is 5.32. The van der Waals surface area contributed by atoms with E-state index in [1.54, 1.807) is 0 Å². The van der Waals surface area contributed by atoms with E-state index in [0.29, 0.717) is 25.9 Å². The van der Waals surface area contributed by atoms with Gasteiger partial charge in [0.05, 0.1) is 10.3 Å². The Morgan fingerprint density at radius 3 is 2.81 bits per heavy atom. The SMILES string of the molecule is O=NN1CCC(NC(=O)COc2ccc(Cl)c(F)c2)CC1. The van der Waals surface area contributed by atoms with Crippen molar-refractivity contribution in [3.63, 3.8) is 0 Å². The normalized spacial score (nSPS) is 15.6. The lowest BCUT2D eigenvalue weighted by Crippen LogP contribution is -2.44. The molecule has 0 saturated carbocycles. The Morgan fingerprint density at radius 1 is 1.48 bits per heavy atom. The quantitative estimate of drug-likeness (QED) is 0.845. The topological polar surface area (TPSA) is 71.0 Å². The Hall–Kier alpha value is -1.89. The van der Waals surface area contributed by atoms with Crippen molar-refractivity contribution in [1.29, 1.82) is 0 Å². The fourth-order valence-electron chi connectivity index (χ4n) is 2.08. The highest BCUT2D eigenvalue weighted by molar-refractivity contribution is 6.30. The number of nitrogens with zero attached hydrogens (tertiary/aromatic N) is 2. The van der Waals surface area contributed by atoms with Crippen LogP contribution in [0.25, 0.3) is 0 Å². The van der Waals surface area contributed by atoms with E-state index in [-0.39, 0.29) is 29.3 Å². The molecule has 1 N–H and O–H groups in total. The van der Waals surface area contributed by atoms with Gasteiger partial charge >= 0.3 is 0 Å². The summed E-state index contributed by atoms with van der Waals surface area (Å²) in [7, 11) is 0. The maximum atomic E-state index is 13.2. The number of amides is 1. The van der Waals surface area contributed by atoms with Crippen LogP contribution in [0, 0.1) is 10.7 Å². The third-order valence-electron chi connectivity index (χ3n) is 3.21. The molecule has 0 atom stereocenters. The van der Waals surface area contributed by atoms with Gasteiger partial charge < -0.3 is 10.1 Å². The zero-order chi connectivity index (χ0) is 15.2. The molecule has 2 rings (SSSR count). The lowest BCUT2D eigenvalue weighted by Gasteiger charge is -2.28. The number of rotatable bonds is 5. The maximum absolute atomic E-state index is 13.2. The summed E-state index contributed by atoms with van der Waals surface area (Å²) in [5.41, 5.74) is 0. The predicted molar refractivity (Wildman–Crippen MR) is 75.4 cm³/mol. The number of ether oxygens (including phenoxy) is 1. The number of halogens is 2. The number of piperidine rings is 1. The van der Waals surface area contributed by atoms with E-state index in [9.17, 15) is 14.1 Å². The number of carbonyl (C=O) groups is 1. The van der Waals surface area contributed by atoms with E-state index >= 15 is 0 Å². The van der Waals surface area contributed by atoms with E-state index in [1.165, 1.54) is 17.1 Å². The largest absolute Gasteiger partial charge is 0.484 e. The summed E-state index contributed by atoms with van der Waals surface area (Å²) in [4.78, 5) is 22.1. The van der Waals surface area contributed by atoms with E-state index in [2.05, 4.69) is 10.6 Å². The maximum Gasteiger partial charge on any atom is 0.258 e. The van der Waals surface area contributed by atoms with Crippen LogP contribution in [-0.4, -0.2) is 36.7 Å². The molecular weight excluding hydrogens is 301 g/mol. The number of nitrogens with one attached hydrogen (secondary N) is 1. The molecule has 21 heavy (non-hydrogen) atoms. The minimum Gasteiger partial charge on any atom is -0.484 e. The zero-order valence-electron chi connectivity index (χ0n) is 11.2. The van der Waals surface area contributed by atoms with Crippen molar-refractivity contribution >= 4 is 17.5 Å². The van der Waals surface area contributed by atoms with Crippen LogP contribution in [0.2, 0.25) is 5.02 Å². The van der Waals surface area contributed by atoms with Gasteiger partial charge in [-0.3, -0.25) is 9.80 Å². The van der Waals surface area contributed by atoms with Gasteiger partial charge in [-0.2, -0.15) is 0 Å².